The molecule has 0 amide bonds. The van der Waals surface area contributed by atoms with Crippen LogP contribution in [0.4, 0.5) is 5.69 Å². The van der Waals surface area contributed by atoms with Crippen LogP contribution in [0.1, 0.15) is 16.8 Å². The summed E-state index contributed by atoms with van der Waals surface area (Å²) in [5, 5.41) is 22.3. The third-order valence-corrected chi connectivity index (χ3v) is 3.50. The lowest BCUT2D eigenvalue weighted by molar-refractivity contribution is 0.450. The standard InChI is InChI=1S/C20H18N2O2/c23-19-11-16(12-20(24)13-19)5-4-15-6-8-17(9-7-15)22-14-18-3-1-2-10-21-18/h1-13,22-24H,14H2/b5-4+. The van der Waals surface area contributed by atoms with Crippen LogP contribution < -0.4 is 5.32 Å². The zero-order valence-electron chi connectivity index (χ0n) is 13.1. The maximum absolute atomic E-state index is 9.47. The second-order valence-corrected chi connectivity index (χ2v) is 5.41. The van der Waals surface area contributed by atoms with E-state index in [-0.39, 0.29) is 11.5 Å². The molecule has 2 aromatic carbocycles. The second-order valence-electron chi connectivity index (χ2n) is 5.41. The molecular formula is C20H18N2O2. The fourth-order valence-electron chi connectivity index (χ4n) is 2.31. The molecule has 3 N–H and O–H groups in total. The van der Waals surface area contributed by atoms with Crippen LogP contribution in [0.25, 0.3) is 12.2 Å². The summed E-state index contributed by atoms with van der Waals surface area (Å²) in [6, 6.07) is 18.4. The van der Waals surface area contributed by atoms with Crippen molar-refractivity contribution in [2.45, 2.75) is 6.54 Å². The van der Waals surface area contributed by atoms with Crippen LogP contribution in [0.15, 0.2) is 66.9 Å². The van der Waals surface area contributed by atoms with E-state index in [1.165, 1.54) is 6.07 Å². The van der Waals surface area contributed by atoms with Crippen LogP contribution in [0.3, 0.4) is 0 Å². The highest BCUT2D eigenvalue weighted by molar-refractivity contribution is 5.71. The summed E-state index contributed by atoms with van der Waals surface area (Å²) in [5.74, 6) is 0.0902. The Morgan fingerprint density at radius 2 is 1.54 bits per heavy atom. The number of benzene rings is 2. The minimum atomic E-state index is 0.0451. The third-order valence-electron chi connectivity index (χ3n) is 3.50. The number of anilines is 1. The maximum Gasteiger partial charge on any atom is 0.119 e. The van der Waals surface area contributed by atoms with Crippen molar-refractivity contribution >= 4 is 17.8 Å². The molecular weight excluding hydrogens is 300 g/mol. The van der Waals surface area contributed by atoms with Crippen molar-refractivity contribution in [1.82, 2.24) is 4.98 Å². The molecule has 0 unspecified atom stereocenters. The van der Waals surface area contributed by atoms with Crippen molar-refractivity contribution in [2.75, 3.05) is 5.32 Å². The average molecular weight is 318 g/mol. The van der Waals surface area contributed by atoms with Gasteiger partial charge in [-0.2, -0.15) is 0 Å². The highest BCUT2D eigenvalue weighted by Gasteiger charge is 1.97. The summed E-state index contributed by atoms with van der Waals surface area (Å²) in [5.41, 5.74) is 3.78. The summed E-state index contributed by atoms with van der Waals surface area (Å²) >= 11 is 0. The van der Waals surface area contributed by atoms with E-state index in [0.717, 1.165) is 22.5 Å². The van der Waals surface area contributed by atoms with E-state index in [4.69, 9.17) is 0 Å². The van der Waals surface area contributed by atoms with Crippen LogP contribution in [0, 0.1) is 0 Å². The Bertz CT molecular complexity index is 808. The highest BCUT2D eigenvalue weighted by atomic mass is 16.3. The number of aromatic hydroxyl groups is 2. The first kappa shape index (κ1) is 15.6. The van der Waals surface area contributed by atoms with Gasteiger partial charge in [-0.3, -0.25) is 4.98 Å². The second kappa shape index (κ2) is 7.33. The molecule has 4 nitrogen and oxygen atoms in total. The van der Waals surface area contributed by atoms with Gasteiger partial charge in [0.1, 0.15) is 11.5 Å². The molecule has 1 heterocycles. The van der Waals surface area contributed by atoms with E-state index in [2.05, 4.69) is 10.3 Å². The number of hydrogen-bond donors (Lipinski definition) is 3. The quantitative estimate of drug-likeness (QED) is 0.615. The SMILES string of the molecule is Oc1cc(O)cc(/C=C/c2ccc(NCc3ccccn3)cc2)c1. The van der Waals surface area contributed by atoms with Crippen LogP contribution in [0.2, 0.25) is 0 Å². The van der Waals surface area contributed by atoms with Gasteiger partial charge in [0.2, 0.25) is 0 Å². The lowest BCUT2D eigenvalue weighted by Gasteiger charge is -2.06. The van der Waals surface area contributed by atoms with Crippen LogP contribution in [0.5, 0.6) is 11.5 Å². The Kier molecular flexibility index (Phi) is 4.77. The number of phenols is 2. The van der Waals surface area contributed by atoms with E-state index in [1.54, 1.807) is 18.3 Å². The summed E-state index contributed by atoms with van der Waals surface area (Å²) in [6.07, 6.45) is 5.55. The molecule has 0 atom stereocenters. The molecule has 3 aromatic rings. The number of phenolic OH excluding ortho intramolecular Hbond substituents is 2. The number of nitrogens with one attached hydrogen (secondary N) is 1. The van der Waals surface area contributed by atoms with Gasteiger partial charge in [-0.05, 0) is 47.5 Å². The Balaban J connectivity index is 1.62. The largest absolute Gasteiger partial charge is 0.508 e. The van der Waals surface area contributed by atoms with Crippen molar-refractivity contribution in [3.8, 4) is 11.5 Å². The van der Waals surface area contributed by atoms with Crippen molar-refractivity contribution in [3.63, 3.8) is 0 Å². The van der Waals surface area contributed by atoms with E-state index in [0.29, 0.717) is 6.54 Å². The van der Waals surface area contributed by atoms with Gasteiger partial charge in [0.15, 0.2) is 0 Å². The van der Waals surface area contributed by atoms with E-state index in [9.17, 15) is 10.2 Å². The van der Waals surface area contributed by atoms with Crippen molar-refractivity contribution in [3.05, 3.63) is 83.7 Å². The third kappa shape index (κ3) is 4.36. The van der Waals surface area contributed by atoms with Crippen molar-refractivity contribution in [1.29, 1.82) is 0 Å². The Morgan fingerprint density at radius 1 is 0.833 bits per heavy atom. The number of pyridine rings is 1. The van der Waals surface area contributed by atoms with Gasteiger partial charge in [0, 0.05) is 18.0 Å². The molecule has 1 aromatic heterocycles. The molecule has 0 aliphatic heterocycles. The Morgan fingerprint density at radius 3 is 2.21 bits per heavy atom. The molecule has 4 heteroatoms. The molecule has 0 aliphatic carbocycles. The van der Waals surface area contributed by atoms with Crippen LogP contribution in [-0.4, -0.2) is 15.2 Å². The van der Waals surface area contributed by atoms with Gasteiger partial charge < -0.3 is 15.5 Å². The Labute approximate surface area is 140 Å². The van der Waals surface area contributed by atoms with Crippen molar-refractivity contribution in [2.24, 2.45) is 0 Å². The highest BCUT2D eigenvalue weighted by Crippen LogP contribution is 2.22. The van der Waals surface area contributed by atoms with Gasteiger partial charge in [0.05, 0.1) is 12.2 Å². The van der Waals surface area contributed by atoms with E-state index in [1.807, 2.05) is 54.6 Å². The lowest BCUT2D eigenvalue weighted by atomic mass is 10.1. The van der Waals surface area contributed by atoms with Crippen molar-refractivity contribution < 1.29 is 10.2 Å². The van der Waals surface area contributed by atoms with E-state index >= 15 is 0 Å². The number of rotatable bonds is 5. The maximum atomic E-state index is 9.47. The summed E-state index contributed by atoms with van der Waals surface area (Å²) < 4.78 is 0. The predicted molar refractivity (Wildman–Crippen MR) is 96.7 cm³/mol. The fourth-order valence-corrected chi connectivity index (χ4v) is 2.31. The molecule has 0 saturated heterocycles. The molecule has 120 valence electrons. The minimum absolute atomic E-state index is 0.0451. The van der Waals surface area contributed by atoms with Gasteiger partial charge in [-0.25, -0.2) is 0 Å². The van der Waals surface area contributed by atoms with Gasteiger partial charge in [0.25, 0.3) is 0 Å². The number of aromatic nitrogens is 1. The van der Waals surface area contributed by atoms with Crippen LogP contribution >= 0.6 is 0 Å². The molecule has 0 saturated carbocycles. The first-order valence-corrected chi connectivity index (χ1v) is 7.64. The first-order valence-electron chi connectivity index (χ1n) is 7.64. The molecule has 0 radical (unpaired) electrons. The number of hydrogen-bond acceptors (Lipinski definition) is 4. The normalized spacial score (nSPS) is 10.8. The first-order chi connectivity index (χ1) is 11.7. The van der Waals surface area contributed by atoms with E-state index < -0.39 is 0 Å². The molecule has 3 rings (SSSR count). The number of nitrogens with zero attached hydrogens (tertiary/aromatic N) is 1. The summed E-state index contributed by atoms with van der Waals surface area (Å²) in [6.45, 7) is 0.679. The monoisotopic (exact) mass is 318 g/mol. The Hall–Kier alpha value is -3.27. The molecule has 24 heavy (non-hydrogen) atoms. The predicted octanol–water partition coefficient (Wildman–Crippen LogP) is 4.28. The molecule has 0 aliphatic rings. The summed E-state index contributed by atoms with van der Waals surface area (Å²) in [4.78, 5) is 4.27. The van der Waals surface area contributed by atoms with Gasteiger partial charge >= 0.3 is 0 Å². The summed E-state index contributed by atoms with van der Waals surface area (Å²) in [7, 11) is 0. The molecule has 0 fully saturated rings. The lowest BCUT2D eigenvalue weighted by Crippen LogP contribution is -2.00. The van der Waals surface area contributed by atoms with Gasteiger partial charge in [-0.15, -0.1) is 0 Å². The fraction of sp³-hybridized carbons (Fsp3) is 0.0500. The minimum Gasteiger partial charge on any atom is -0.508 e. The average Bonchev–Trinajstić information content (AvgIpc) is 2.59. The molecule has 0 spiro atoms. The topological polar surface area (TPSA) is 65.4 Å². The molecule has 0 bridgehead atoms. The zero-order valence-corrected chi connectivity index (χ0v) is 13.1. The zero-order chi connectivity index (χ0) is 16.8. The smallest absolute Gasteiger partial charge is 0.119 e. The van der Waals surface area contributed by atoms with Gasteiger partial charge in [-0.1, -0.05) is 30.4 Å². The van der Waals surface area contributed by atoms with Crippen LogP contribution in [-0.2, 0) is 6.54 Å².